The van der Waals surface area contributed by atoms with E-state index in [1.807, 2.05) is 60.7 Å². The molecule has 0 unspecified atom stereocenters. The summed E-state index contributed by atoms with van der Waals surface area (Å²) in [6.45, 7) is 1.17. The van der Waals surface area contributed by atoms with Gasteiger partial charge in [0.05, 0.1) is 6.61 Å². The Morgan fingerprint density at radius 2 is 1.43 bits per heavy atom. The summed E-state index contributed by atoms with van der Waals surface area (Å²) >= 11 is 18.7. The monoisotopic (exact) mass is 358 g/mol. The quantitative estimate of drug-likeness (QED) is 0.356. The summed E-state index contributed by atoms with van der Waals surface area (Å²) in [6.07, 6.45) is 0.722. The SMILES string of the molecule is Cl[Si](Cl)(Cl)[C@@H](CCOCc1ccccc1)c1ccccc1. The van der Waals surface area contributed by atoms with Crippen LogP contribution >= 0.6 is 33.2 Å². The van der Waals surface area contributed by atoms with Gasteiger partial charge in [-0.1, -0.05) is 60.7 Å². The molecule has 0 heterocycles. The zero-order valence-electron chi connectivity index (χ0n) is 11.5. The van der Waals surface area contributed by atoms with E-state index in [-0.39, 0.29) is 5.54 Å². The highest BCUT2D eigenvalue weighted by molar-refractivity contribution is 7.65. The van der Waals surface area contributed by atoms with Gasteiger partial charge >= 0.3 is 6.00 Å². The molecule has 0 amide bonds. The van der Waals surface area contributed by atoms with Crippen LogP contribution in [0.2, 0.25) is 0 Å². The first-order valence-electron chi connectivity index (χ1n) is 6.80. The molecule has 5 heteroatoms. The summed E-state index contributed by atoms with van der Waals surface area (Å²) in [5, 5.41) is 0. The molecule has 0 spiro atoms. The second-order valence-electron chi connectivity index (χ2n) is 4.83. The maximum absolute atomic E-state index is 6.24. The number of rotatable bonds is 7. The van der Waals surface area contributed by atoms with Crippen LogP contribution in [-0.4, -0.2) is 12.6 Å². The van der Waals surface area contributed by atoms with Gasteiger partial charge in [0.2, 0.25) is 0 Å². The molecule has 0 aliphatic heterocycles. The summed E-state index contributed by atoms with van der Waals surface area (Å²) in [4.78, 5) is 0. The molecular formula is C16H17Cl3OSi. The molecule has 0 aliphatic rings. The van der Waals surface area contributed by atoms with Crippen molar-refractivity contribution in [2.24, 2.45) is 0 Å². The Morgan fingerprint density at radius 1 is 0.857 bits per heavy atom. The second kappa shape index (κ2) is 8.21. The van der Waals surface area contributed by atoms with E-state index in [1.54, 1.807) is 0 Å². The molecule has 0 fully saturated rings. The summed E-state index contributed by atoms with van der Waals surface area (Å²) < 4.78 is 5.71. The van der Waals surface area contributed by atoms with E-state index in [1.165, 1.54) is 0 Å². The average molecular weight is 360 g/mol. The number of ether oxygens (including phenoxy) is 1. The topological polar surface area (TPSA) is 9.23 Å². The fourth-order valence-electron chi connectivity index (χ4n) is 2.17. The predicted molar refractivity (Wildman–Crippen MR) is 93.2 cm³/mol. The van der Waals surface area contributed by atoms with E-state index in [4.69, 9.17) is 38.0 Å². The van der Waals surface area contributed by atoms with Gasteiger partial charge < -0.3 is 4.74 Å². The second-order valence-corrected chi connectivity index (χ2v) is 13.7. The lowest BCUT2D eigenvalue weighted by atomic mass is 10.1. The van der Waals surface area contributed by atoms with Crippen molar-refractivity contribution in [1.82, 2.24) is 0 Å². The van der Waals surface area contributed by atoms with Crippen molar-refractivity contribution in [1.29, 1.82) is 0 Å². The maximum Gasteiger partial charge on any atom is 0.348 e. The molecule has 0 radical (unpaired) electrons. The van der Waals surface area contributed by atoms with E-state index >= 15 is 0 Å². The van der Waals surface area contributed by atoms with Gasteiger partial charge in [0.15, 0.2) is 0 Å². The molecule has 112 valence electrons. The summed E-state index contributed by atoms with van der Waals surface area (Å²) in [5.74, 6) is 0. The van der Waals surface area contributed by atoms with E-state index in [9.17, 15) is 0 Å². The van der Waals surface area contributed by atoms with Crippen molar-refractivity contribution in [3.63, 3.8) is 0 Å². The Kier molecular flexibility index (Phi) is 6.59. The van der Waals surface area contributed by atoms with Gasteiger partial charge in [-0.15, -0.1) is 33.2 Å². The molecule has 1 atom stereocenters. The average Bonchev–Trinajstić information content (AvgIpc) is 2.48. The largest absolute Gasteiger partial charge is 0.377 e. The van der Waals surface area contributed by atoms with Crippen LogP contribution < -0.4 is 0 Å². The van der Waals surface area contributed by atoms with Crippen LogP contribution in [0.3, 0.4) is 0 Å². The van der Waals surface area contributed by atoms with Crippen molar-refractivity contribution in [2.45, 2.75) is 18.6 Å². The third kappa shape index (κ3) is 5.65. The molecule has 0 saturated heterocycles. The van der Waals surface area contributed by atoms with Gasteiger partial charge in [-0.05, 0) is 17.5 Å². The Balaban J connectivity index is 1.89. The lowest BCUT2D eigenvalue weighted by molar-refractivity contribution is 0.117. The van der Waals surface area contributed by atoms with Crippen molar-refractivity contribution >= 4 is 39.2 Å². The third-order valence-corrected chi connectivity index (χ3v) is 7.04. The lowest BCUT2D eigenvalue weighted by Crippen LogP contribution is -2.24. The molecule has 2 rings (SSSR count). The van der Waals surface area contributed by atoms with Crippen LogP contribution in [0, 0.1) is 0 Å². The Labute approximate surface area is 140 Å². The number of halogens is 3. The molecular weight excluding hydrogens is 343 g/mol. The molecule has 0 aliphatic carbocycles. The molecule has 2 aromatic rings. The van der Waals surface area contributed by atoms with Gasteiger partial charge in [0, 0.05) is 12.1 Å². The molecule has 0 saturated carbocycles. The number of benzene rings is 2. The fraction of sp³-hybridized carbons (Fsp3) is 0.250. The van der Waals surface area contributed by atoms with Crippen LogP contribution in [0.15, 0.2) is 60.7 Å². The highest BCUT2D eigenvalue weighted by Gasteiger charge is 2.37. The van der Waals surface area contributed by atoms with Crippen LogP contribution in [0.25, 0.3) is 0 Å². The fourth-order valence-corrected chi connectivity index (χ4v) is 5.30. The Hall–Kier alpha value is -0.513. The normalized spacial score (nSPS) is 13.1. The zero-order valence-corrected chi connectivity index (χ0v) is 14.8. The number of hydrogen-bond donors (Lipinski definition) is 0. The minimum atomic E-state index is -2.82. The Bertz CT molecular complexity index is 528. The van der Waals surface area contributed by atoms with Crippen molar-refractivity contribution in [3.05, 3.63) is 71.8 Å². The minimum Gasteiger partial charge on any atom is -0.377 e. The van der Waals surface area contributed by atoms with E-state index < -0.39 is 6.00 Å². The van der Waals surface area contributed by atoms with E-state index in [2.05, 4.69) is 0 Å². The molecule has 1 nitrogen and oxygen atoms in total. The molecule has 0 N–H and O–H groups in total. The van der Waals surface area contributed by atoms with Crippen LogP contribution in [-0.2, 0) is 11.3 Å². The number of hydrogen-bond acceptors (Lipinski definition) is 1. The summed E-state index contributed by atoms with van der Waals surface area (Å²) in [7, 11) is 0. The first-order chi connectivity index (χ1) is 10.1. The van der Waals surface area contributed by atoms with Crippen molar-refractivity contribution in [3.8, 4) is 0 Å². The van der Waals surface area contributed by atoms with Gasteiger partial charge in [0.1, 0.15) is 0 Å². The van der Waals surface area contributed by atoms with Gasteiger partial charge in [-0.2, -0.15) is 0 Å². The van der Waals surface area contributed by atoms with E-state index in [0.717, 1.165) is 17.5 Å². The maximum atomic E-state index is 6.24. The van der Waals surface area contributed by atoms with Gasteiger partial charge in [-0.25, -0.2) is 0 Å². The van der Waals surface area contributed by atoms with Crippen molar-refractivity contribution in [2.75, 3.05) is 6.61 Å². The van der Waals surface area contributed by atoms with Crippen LogP contribution in [0.4, 0.5) is 0 Å². The van der Waals surface area contributed by atoms with E-state index in [0.29, 0.717) is 13.2 Å². The minimum absolute atomic E-state index is 0.0422. The highest BCUT2D eigenvalue weighted by Crippen LogP contribution is 2.38. The molecule has 21 heavy (non-hydrogen) atoms. The van der Waals surface area contributed by atoms with Gasteiger partial charge in [0.25, 0.3) is 0 Å². The first kappa shape index (κ1) is 16.9. The third-order valence-electron chi connectivity index (χ3n) is 3.26. The molecule has 0 aromatic heterocycles. The standard InChI is InChI=1S/C16H17Cl3OSi/c17-21(18,19)16(15-9-5-2-6-10-15)11-12-20-13-14-7-3-1-4-8-14/h1-10,16H,11-13H2/t16-/m0/s1. The van der Waals surface area contributed by atoms with Crippen molar-refractivity contribution < 1.29 is 4.74 Å². The lowest BCUT2D eigenvalue weighted by Gasteiger charge is -2.22. The molecule has 2 aromatic carbocycles. The molecule has 0 bridgehead atoms. The van der Waals surface area contributed by atoms with Crippen LogP contribution in [0.1, 0.15) is 23.1 Å². The smallest absolute Gasteiger partial charge is 0.348 e. The summed E-state index contributed by atoms with van der Waals surface area (Å²) in [5.41, 5.74) is 2.19. The van der Waals surface area contributed by atoms with Gasteiger partial charge in [-0.3, -0.25) is 0 Å². The predicted octanol–water partition coefficient (Wildman–Crippen LogP) is 5.57. The van der Waals surface area contributed by atoms with Crippen LogP contribution in [0.5, 0.6) is 0 Å². The highest BCUT2D eigenvalue weighted by atomic mass is 35.8. The summed E-state index contributed by atoms with van der Waals surface area (Å²) in [6, 6.07) is 17.2. The zero-order chi connectivity index (χ0) is 15.1. The first-order valence-corrected chi connectivity index (χ1v) is 11.9. The Morgan fingerprint density at radius 3 is 2.00 bits per heavy atom.